The molecule has 5 nitrogen and oxygen atoms in total. The third kappa shape index (κ3) is 5.53. The van der Waals surface area contributed by atoms with Crippen molar-refractivity contribution in [3.63, 3.8) is 0 Å². The van der Waals surface area contributed by atoms with E-state index in [-0.39, 0.29) is 0 Å². The van der Waals surface area contributed by atoms with E-state index in [2.05, 4.69) is 110 Å². The Kier molecular flexibility index (Phi) is 7.74. The van der Waals surface area contributed by atoms with Crippen molar-refractivity contribution in [2.75, 3.05) is 38.1 Å². The van der Waals surface area contributed by atoms with E-state index in [0.29, 0.717) is 6.04 Å². The largest absolute Gasteiger partial charge is 0.354 e. The van der Waals surface area contributed by atoms with E-state index in [1.807, 2.05) is 0 Å². The first-order chi connectivity index (χ1) is 16.4. The average molecular weight is 460 g/mol. The molecule has 0 bridgehead atoms. The second-order valence-electron chi connectivity index (χ2n) is 10.1. The number of rotatable bonds is 8. The van der Waals surface area contributed by atoms with Gasteiger partial charge in [-0.1, -0.05) is 48.9 Å². The lowest BCUT2D eigenvalue weighted by Gasteiger charge is -2.35. The number of anilines is 1. The van der Waals surface area contributed by atoms with Crippen LogP contribution in [0.5, 0.6) is 0 Å². The molecule has 1 saturated heterocycles. The van der Waals surface area contributed by atoms with Gasteiger partial charge in [0, 0.05) is 50.9 Å². The fourth-order valence-corrected chi connectivity index (χ4v) is 4.77. The van der Waals surface area contributed by atoms with E-state index in [0.717, 1.165) is 51.4 Å². The van der Waals surface area contributed by atoms with Gasteiger partial charge >= 0.3 is 0 Å². The molecule has 0 aliphatic carbocycles. The van der Waals surface area contributed by atoms with Gasteiger partial charge in [-0.15, -0.1) is 0 Å². The molecule has 1 aromatic heterocycles. The van der Waals surface area contributed by atoms with Crippen LogP contribution in [0.4, 0.5) is 5.82 Å². The van der Waals surface area contributed by atoms with Crippen LogP contribution in [-0.4, -0.2) is 58.8 Å². The van der Waals surface area contributed by atoms with Gasteiger partial charge in [0.1, 0.15) is 5.82 Å². The molecule has 182 valence electrons. The fourth-order valence-electron chi connectivity index (χ4n) is 4.77. The van der Waals surface area contributed by atoms with Crippen molar-refractivity contribution in [1.29, 1.82) is 0 Å². The summed E-state index contributed by atoms with van der Waals surface area (Å²) in [6.45, 7) is 17.2. The lowest BCUT2D eigenvalue weighted by atomic mass is 10.1. The Hall–Kier alpha value is -2.63. The lowest BCUT2D eigenvalue weighted by Crippen LogP contribution is -2.45. The molecular formula is C29H41N5. The Morgan fingerprint density at radius 2 is 1.62 bits per heavy atom. The van der Waals surface area contributed by atoms with E-state index in [9.17, 15) is 0 Å². The molecule has 0 unspecified atom stereocenters. The van der Waals surface area contributed by atoms with Crippen LogP contribution in [0.15, 0.2) is 48.5 Å². The molecule has 0 spiro atoms. The Balaban J connectivity index is 1.75. The van der Waals surface area contributed by atoms with Crippen molar-refractivity contribution < 1.29 is 0 Å². The summed E-state index contributed by atoms with van der Waals surface area (Å²) in [5.41, 5.74) is 7.69. The van der Waals surface area contributed by atoms with Crippen molar-refractivity contribution in [1.82, 2.24) is 19.6 Å². The van der Waals surface area contributed by atoms with Crippen LogP contribution < -0.4 is 4.90 Å². The first-order valence-electron chi connectivity index (χ1n) is 12.8. The van der Waals surface area contributed by atoms with Gasteiger partial charge < -0.3 is 9.80 Å². The number of hydrogen-bond acceptors (Lipinski definition) is 4. The SMILES string of the molecule is CCc1nn(-c2cccc(C)c2)c(N2CCN(C)CC2)c1CN(Cc1ccc(C)cc1)C(C)C. The molecule has 0 radical (unpaired) electrons. The fraction of sp³-hybridized carbons (Fsp3) is 0.483. The Bertz CT molecular complexity index is 1070. The molecule has 2 heterocycles. The Labute approximate surface area is 206 Å². The minimum atomic E-state index is 0.439. The Morgan fingerprint density at radius 3 is 2.24 bits per heavy atom. The topological polar surface area (TPSA) is 27.5 Å². The van der Waals surface area contributed by atoms with Gasteiger partial charge in [-0.2, -0.15) is 5.10 Å². The molecule has 3 aromatic rings. The van der Waals surface area contributed by atoms with E-state index >= 15 is 0 Å². The van der Waals surface area contributed by atoms with E-state index in [4.69, 9.17) is 5.10 Å². The molecule has 1 fully saturated rings. The van der Waals surface area contributed by atoms with Crippen molar-refractivity contribution in [3.8, 4) is 5.69 Å². The summed E-state index contributed by atoms with van der Waals surface area (Å²) in [4.78, 5) is 7.57. The van der Waals surface area contributed by atoms with Gasteiger partial charge in [0.05, 0.1) is 11.4 Å². The molecule has 1 aliphatic heterocycles. The highest BCUT2D eigenvalue weighted by Gasteiger charge is 2.27. The monoisotopic (exact) mass is 459 g/mol. The number of likely N-dealkylation sites (N-methyl/N-ethyl adjacent to an activating group) is 1. The standard InChI is InChI=1S/C29H41N5/c1-7-28-27(21-33(22(2)3)20-25-13-11-23(4)12-14-25)29(32-17-15-31(6)16-18-32)34(30-28)26-10-8-9-24(5)19-26/h8-14,19,22H,7,15-18,20-21H2,1-6H3. The molecule has 5 heteroatoms. The van der Waals surface area contributed by atoms with Gasteiger partial charge in [0.15, 0.2) is 0 Å². The van der Waals surface area contributed by atoms with Crippen molar-refractivity contribution in [2.45, 2.75) is 60.2 Å². The van der Waals surface area contributed by atoms with E-state index < -0.39 is 0 Å². The number of piperazine rings is 1. The zero-order valence-electron chi connectivity index (χ0n) is 21.9. The lowest BCUT2D eigenvalue weighted by molar-refractivity contribution is 0.203. The summed E-state index contributed by atoms with van der Waals surface area (Å²) in [6.07, 6.45) is 0.936. The minimum Gasteiger partial charge on any atom is -0.354 e. The minimum absolute atomic E-state index is 0.439. The molecule has 0 amide bonds. The van der Waals surface area contributed by atoms with E-state index in [1.165, 1.54) is 33.8 Å². The molecular weight excluding hydrogens is 418 g/mol. The van der Waals surface area contributed by atoms with Crippen LogP contribution in [0, 0.1) is 13.8 Å². The second kappa shape index (κ2) is 10.7. The van der Waals surface area contributed by atoms with Gasteiger partial charge in [-0.25, -0.2) is 4.68 Å². The normalized spacial score (nSPS) is 15.0. The summed E-state index contributed by atoms with van der Waals surface area (Å²) in [5.74, 6) is 1.28. The average Bonchev–Trinajstić information content (AvgIpc) is 3.18. The molecule has 0 saturated carbocycles. The number of aromatic nitrogens is 2. The van der Waals surface area contributed by atoms with Crippen molar-refractivity contribution in [2.24, 2.45) is 0 Å². The second-order valence-corrected chi connectivity index (χ2v) is 10.1. The quantitative estimate of drug-likeness (QED) is 0.462. The number of nitrogens with zero attached hydrogens (tertiary/aromatic N) is 5. The maximum Gasteiger partial charge on any atom is 0.137 e. The summed E-state index contributed by atoms with van der Waals surface area (Å²) < 4.78 is 2.22. The highest BCUT2D eigenvalue weighted by molar-refractivity contribution is 5.56. The van der Waals surface area contributed by atoms with Crippen LogP contribution in [0.3, 0.4) is 0 Å². The summed E-state index contributed by atoms with van der Waals surface area (Å²) in [5, 5.41) is 5.20. The first kappa shape index (κ1) is 24.5. The van der Waals surface area contributed by atoms with Crippen LogP contribution in [0.25, 0.3) is 5.69 Å². The third-order valence-electron chi connectivity index (χ3n) is 7.02. The van der Waals surface area contributed by atoms with Gasteiger partial charge in [0.25, 0.3) is 0 Å². The number of benzene rings is 2. The van der Waals surface area contributed by atoms with Crippen LogP contribution >= 0.6 is 0 Å². The number of hydrogen-bond donors (Lipinski definition) is 0. The van der Waals surface area contributed by atoms with E-state index in [1.54, 1.807) is 0 Å². The van der Waals surface area contributed by atoms with Crippen molar-refractivity contribution in [3.05, 3.63) is 76.5 Å². The first-order valence-corrected chi connectivity index (χ1v) is 12.8. The summed E-state index contributed by atoms with van der Waals surface area (Å²) in [7, 11) is 2.22. The predicted molar refractivity (Wildman–Crippen MR) is 143 cm³/mol. The zero-order chi connectivity index (χ0) is 24.2. The predicted octanol–water partition coefficient (Wildman–Crippen LogP) is 5.21. The van der Waals surface area contributed by atoms with Crippen LogP contribution in [0.1, 0.15) is 48.7 Å². The molecule has 1 aliphatic rings. The highest BCUT2D eigenvalue weighted by Crippen LogP contribution is 2.31. The third-order valence-corrected chi connectivity index (χ3v) is 7.02. The zero-order valence-corrected chi connectivity index (χ0v) is 21.9. The summed E-state index contributed by atoms with van der Waals surface area (Å²) >= 11 is 0. The maximum absolute atomic E-state index is 5.20. The van der Waals surface area contributed by atoms with Gasteiger partial charge in [0.2, 0.25) is 0 Å². The smallest absolute Gasteiger partial charge is 0.137 e. The molecule has 2 aromatic carbocycles. The molecule has 0 N–H and O–H groups in total. The highest BCUT2D eigenvalue weighted by atomic mass is 15.4. The number of aryl methyl sites for hydroxylation is 3. The molecule has 0 atom stereocenters. The van der Waals surface area contributed by atoms with Crippen molar-refractivity contribution >= 4 is 5.82 Å². The van der Waals surface area contributed by atoms with Crippen LogP contribution in [0.2, 0.25) is 0 Å². The van der Waals surface area contributed by atoms with Gasteiger partial charge in [-0.3, -0.25) is 4.90 Å². The molecule has 4 rings (SSSR count). The summed E-state index contributed by atoms with van der Waals surface area (Å²) in [6, 6.07) is 18.2. The Morgan fingerprint density at radius 1 is 0.912 bits per heavy atom. The van der Waals surface area contributed by atoms with Gasteiger partial charge in [-0.05, 0) is 64.4 Å². The van der Waals surface area contributed by atoms with Crippen LogP contribution in [-0.2, 0) is 19.5 Å². The molecule has 34 heavy (non-hydrogen) atoms. The maximum atomic E-state index is 5.20.